The highest BCUT2D eigenvalue weighted by Gasteiger charge is 2.15. The molecule has 0 aliphatic carbocycles. The largest absolute Gasteiger partial charge is 0.135 e. The number of hydrogen-bond acceptors (Lipinski definition) is 1. The van der Waals surface area contributed by atoms with Crippen molar-refractivity contribution in [2.24, 2.45) is 0 Å². The first-order chi connectivity index (χ1) is 25.2. The molecule has 0 nitrogen and oxygen atoms in total. The summed E-state index contributed by atoms with van der Waals surface area (Å²) in [5.41, 5.74) is 7.43. The van der Waals surface area contributed by atoms with Crippen molar-refractivity contribution in [1.82, 2.24) is 0 Å². The second-order valence-corrected chi connectivity index (χ2v) is 14.7. The lowest BCUT2D eigenvalue weighted by Gasteiger charge is -2.11. The van der Waals surface area contributed by atoms with Gasteiger partial charge in [0.25, 0.3) is 0 Å². The predicted molar refractivity (Wildman–Crippen MR) is 223 cm³/mol. The number of benzene rings is 10. The summed E-state index contributed by atoms with van der Waals surface area (Å²) in [7, 11) is 0. The maximum absolute atomic E-state index is 2.40. The fraction of sp³-hybridized carbons (Fsp3) is 0. The van der Waals surface area contributed by atoms with Gasteiger partial charge in [0.2, 0.25) is 0 Å². The Labute approximate surface area is 299 Å². The molecule has 11 aromatic rings. The molecule has 0 unspecified atom stereocenters. The fourth-order valence-electron chi connectivity index (χ4n) is 8.25. The van der Waals surface area contributed by atoms with Gasteiger partial charge in [-0.3, -0.25) is 0 Å². The predicted octanol–water partition coefficient (Wildman–Crippen LogP) is 14.8. The van der Waals surface area contributed by atoms with Gasteiger partial charge >= 0.3 is 0 Å². The first kappa shape index (κ1) is 28.5. The minimum atomic E-state index is 1.23. The number of thiophene rings is 1. The molecule has 1 heterocycles. The van der Waals surface area contributed by atoms with E-state index in [4.69, 9.17) is 0 Å². The zero-order chi connectivity index (χ0) is 33.5. The van der Waals surface area contributed by atoms with Gasteiger partial charge in [0, 0.05) is 25.6 Å². The molecule has 10 aromatic carbocycles. The van der Waals surface area contributed by atoms with Gasteiger partial charge in [-0.05, 0) is 118 Å². The van der Waals surface area contributed by atoms with E-state index < -0.39 is 0 Å². The van der Waals surface area contributed by atoms with Crippen molar-refractivity contribution in [3.05, 3.63) is 182 Å². The summed E-state index contributed by atoms with van der Waals surface area (Å²) >= 11 is 1.92. The Kier molecular flexibility index (Phi) is 6.22. The van der Waals surface area contributed by atoms with Crippen LogP contribution in [0.1, 0.15) is 0 Å². The van der Waals surface area contributed by atoms with Crippen LogP contribution >= 0.6 is 11.3 Å². The molecule has 11 rings (SSSR count). The second kappa shape index (κ2) is 11.1. The van der Waals surface area contributed by atoms with Crippen molar-refractivity contribution in [2.45, 2.75) is 0 Å². The van der Waals surface area contributed by atoms with Crippen LogP contribution in [-0.4, -0.2) is 0 Å². The van der Waals surface area contributed by atoms with Crippen LogP contribution in [0.2, 0.25) is 0 Å². The molecule has 0 bridgehead atoms. The Balaban J connectivity index is 0.989. The lowest BCUT2D eigenvalue weighted by atomic mass is 9.93. The summed E-state index contributed by atoms with van der Waals surface area (Å²) < 4.78 is 2.70. The third-order valence-corrected chi connectivity index (χ3v) is 12.0. The van der Waals surface area contributed by atoms with E-state index in [1.165, 1.54) is 107 Å². The summed E-state index contributed by atoms with van der Waals surface area (Å²) in [6, 6.07) is 67.4. The third kappa shape index (κ3) is 4.52. The van der Waals surface area contributed by atoms with E-state index in [9.17, 15) is 0 Å². The molecule has 0 aliphatic heterocycles. The lowest BCUT2D eigenvalue weighted by Crippen LogP contribution is -1.84. The summed E-state index contributed by atoms with van der Waals surface area (Å²) in [4.78, 5) is 0. The highest BCUT2D eigenvalue weighted by molar-refractivity contribution is 7.26. The normalized spacial score (nSPS) is 11.9. The van der Waals surface area contributed by atoms with Gasteiger partial charge in [0.05, 0.1) is 0 Å². The second-order valence-electron chi connectivity index (χ2n) is 13.7. The molecule has 1 aromatic heterocycles. The van der Waals surface area contributed by atoms with Crippen LogP contribution in [0.3, 0.4) is 0 Å². The van der Waals surface area contributed by atoms with E-state index in [0.29, 0.717) is 0 Å². The fourth-order valence-corrected chi connectivity index (χ4v) is 9.50. The molecular formula is C50H30S. The van der Waals surface area contributed by atoms with Crippen molar-refractivity contribution < 1.29 is 0 Å². The van der Waals surface area contributed by atoms with Gasteiger partial charge in [0.1, 0.15) is 0 Å². The van der Waals surface area contributed by atoms with Crippen LogP contribution in [0.4, 0.5) is 0 Å². The highest BCUT2D eigenvalue weighted by atomic mass is 32.1. The van der Waals surface area contributed by atoms with Crippen LogP contribution in [0, 0.1) is 0 Å². The Morgan fingerprint density at radius 3 is 1.37 bits per heavy atom. The Morgan fingerprint density at radius 2 is 0.706 bits per heavy atom. The first-order valence-corrected chi connectivity index (χ1v) is 18.4. The molecule has 236 valence electrons. The molecule has 0 atom stereocenters. The topological polar surface area (TPSA) is 0 Å². The maximum Gasteiger partial charge on any atom is 0.0440 e. The van der Waals surface area contributed by atoms with Gasteiger partial charge in [-0.25, -0.2) is 0 Å². The van der Waals surface area contributed by atoms with Gasteiger partial charge in [-0.2, -0.15) is 0 Å². The molecule has 51 heavy (non-hydrogen) atoms. The third-order valence-electron chi connectivity index (χ3n) is 10.8. The standard InChI is InChI=1S/C50H30S/c1-2-9-32-26-36(17-16-31(32)8-1)38-21-20-37-28-35(18-19-39(37)29-38)33-10-7-11-34(27-33)40-22-25-48-47(30-40)46-24-23-45-43-14-4-3-12-41(43)42-13-5-6-15-44(42)49(45)50(46)51-48/h1-30H. The highest BCUT2D eigenvalue weighted by Crippen LogP contribution is 2.45. The van der Waals surface area contributed by atoms with Crippen LogP contribution in [0.15, 0.2) is 182 Å². The number of rotatable bonds is 3. The summed E-state index contributed by atoms with van der Waals surface area (Å²) in [5.74, 6) is 0. The molecule has 0 aliphatic rings. The minimum absolute atomic E-state index is 1.23. The molecule has 0 saturated heterocycles. The summed E-state index contributed by atoms with van der Waals surface area (Å²) in [6.07, 6.45) is 0. The van der Waals surface area contributed by atoms with Crippen molar-refractivity contribution in [1.29, 1.82) is 0 Å². The Bertz CT molecular complexity index is 3160. The molecule has 0 radical (unpaired) electrons. The molecule has 0 saturated carbocycles. The zero-order valence-electron chi connectivity index (χ0n) is 27.7. The SMILES string of the molecule is c1cc(-c2ccc3cc(-c4ccc5ccccc5c4)ccc3c2)cc(-c2ccc3sc4c(ccc5c6ccccc6c6ccccc6c54)c3c2)c1. The smallest absolute Gasteiger partial charge is 0.0440 e. The van der Waals surface area contributed by atoms with Crippen molar-refractivity contribution >= 4 is 85.4 Å². The monoisotopic (exact) mass is 662 g/mol. The van der Waals surface area contributed by atoms with Crippen LogP contribution in [0.5, 0.6) is 0 Å². The Hall–Kier alpha value is -6.28. The van der Waals surface area contributed by atoms with E-state index >= 15 is 0 Å². The van der Waals surface area contributed by atoms with Gasteiger partial charge in [-0.1, -0.05) is 146 Å². The molecule has 0 amide bonds. The van der Waals surface area contributed by atoms with E-state index in [0.717, 1.165) is 0 Å². The van der Waals surface area contributed by atoms with Crippen molar-refractivity contribution in [3.63, 3.8) is 0 Å². The number of fused-ring (bicyclic) bond motifs is 12. The van der Waals surface area contributed by atoms with Crippen molar-refractivity contribution in [3.8, 4) is 33.4 Å². The van der Waals surface area contributed by atoms with E-state index in [1.807, 2.05) is 11.3 Å². The minimum Gasteiger partial charge on any atom is -0.135 e. The van der Waals surface area contributed by atoms with E-state index in [-0.39, 0.29) is 0 Å². The summed E-state index contributed by atoms with van der Waals surface area (Å²) in [6.45, 7) is 0. The van der Waals surface area contributed by atoms with Gasteiger partial charge in [-0.15, -0.1) is 11.3 Å². The maximum atomic E-state index is 2.40. The van der Waals surface area contributed by atoms with Gasteiger partial charge in [0.15, 0.2) is 0 Å². The summed E-state index contributed by atoms with van der Waals surface area (Å²) in [5, 5.41) is 15.7. The first-order valence-electron chi connectivity index (χ1n) is 17.6. The zero-order valence-corrected chi connectivity index (χ0v) is 28.5. The van der Waals surface area contributed by atoms with Crippen LogP contribution in [0.25, 0.3) is 107 Å². The lowest BCUT2D eigenvalue weighted by molar-refractivity contribution is 1.61. The Morgan fingerprint density at radius 1 is 0.255 bits per heavy atom. The quantitative estimate of drug-likeness (QED) is 0.165. The average Bonchev–Trinajstić information content (AvgIpc) is 3.58. The molecule has 0 N–H and O–H groups in total. The molecule has 0 fully saturated rings. The van der Waals surface area contributed by atoms with Crippen LogP contribution < -0.4 is 0 Å². The van der Waals surface area contributed by atoms with E-state index in [2.05, 4.69) is 182 Å². The van der Waals surface area contributed by atoms with Crippen molar-refractivity contribution in [2.75, 3.05) is 0 Å². The van der Waals surface area contributed by atoms with Crippen LogP contribution in [-0.2, 0) is 0 Å². The van der Waals surface area contributed by atoms with E-state index in [1.54, 1.807) is 0 Å². The van der Waals surface area contributed by atoms with Gasteiger partial charge < -0.3 is 0 Å². The number of hydrogen-bond donors (Lipinski definition) is 0. The average molecular weight is 663 g/mol. The molecular weight excluding hydrogens is 633 g/mol. The molecule has 1 heteroatoms. The molecule has 0 spiro atoms.